The van der Waals surface area contributed by atoms with Gasteiger partial charge in [0.25, 0.3) is 5.91 Å². The summed E-state index contributed by atoms with van der Waals surface area (Å²) in [7, 11) is 0. The minimum atomic E-state index is -1.06. The molecule has 0 saturated heterocycles. The third-order valence-electron chi connectivity index (χ3n) is 1.73. The van der Waals surface area contributed by atoms with Crippen LogP contribution in [0.15, 0.2) is 12.1 Å². The van der Waals surface area contributed by atoms with E-state index in [-0.39, 0.29) is 18.0 Å². The van der Waals surface area contributed by atoms with Crippen molar-refractivity contribution >= 4 is 5.91 Å². The van der Waals surface area contributed by atoms with Gasteiger partial charge in [-0.25, -0.2) is 8.78 Å². The Hall–Kier alpha value is -1.65. The Balaban J connectivity index is 2.58. The number of halogens is 2. The van der Waals surface area contributed by atoms with Crippen LogP contribution in [0.3, 0.4) is 0 Å². The second kappa shape index (κ2) is 2.69. The van der Waals surface area contributed by atoms with Crippen LogP contribution in [-0.4, -0.2) is 12.6 Å². The Labute approximate surface area is 72.3 Å². The number of hydrogen-bond acceptors (Lipinski definition) is 2. The molecule has 0 radical (unpaired) electrons. The first kappa shape index (κ1) is 7.97. The maximum atomic E-state index is 12.7. The fraction of sp³-hybridized carbons (Fsp3) is 0.125. The highest BCUT2D eigenvalue weighted by Crippen LogP contribution is 2.24. The topological polar surface area (TPSA) is 38.3 Å². The summed E-state index contributed by atoms with van der Waals surface area (Å²) in [5.41, 5.74) is 0.0187. The van der Waals surface area contributed by atoms with Crippen LogP contribution in [0.4, 0.5) is 8.78 Å². The standard InChI is InChI=1S/C8H5F2NO2/c9-5-1-4-7(2-6(5)10)13-3-11-8(4)12/h1-2H,3H2,(H,11,12). The van der Waals surface area contributed by atoms with Gasteiger partial charge in [-0.15, -0.1) is 0 Å². The summed E-state index contributed by atoms with van der Waals surface area (Å²) in [4.78, 5) is 11.1. The summed E-state index contributed by atoms with van der Waals surface area (Å²) >= 11 is 0. The molecule has 5 heteroatoms. The van der Waals surface area contributed by atoms with E-state index in [1.807, 2.05) is 0 Å². The highest BCUT2D eigenvalue weighted by Gasteiger charge is 2.20. The van der Waals surface area contributed by atoms with Crippen LogP contribution in [0.1, 0.15) is 10.4 Å². The zero-order valence-electron chi connectivity index (χ0n) is 6.43. The van der Waals surface area contributed by atoms with Crippen molar-refractivity contribution in [3.63, 3.8) is 0 Å². The predicted molar refractivity (Wildman–Crippen MR) is 39.3 cm³/mol. The lowest BCUT2D eigenvalue weighted by Crippen LogP contribution is -2.33. The molecule has 68 valence electrons. The first-order valence-corrected chi connectivity index (χ1v) is 3.58. The highest BCUT2D eigenvalue weighted by atomic mass is 19.2. The fourth-order valence-corrected chi connectivity index (χ4v) is 1.10. The lowest BCUT2D eigenvalue weighted by Gasteiger charge is -2.17. The molecule has 1 aliphatic rings. The van der Waals surface area contributed by atoms with Gasteiger partial charge >= 0.3 is 0 Å². The molecule has 1 amide bonds. The van der Waals surface area contributed by atoms with Gasteiger partial charge in [-0.2, -0.15) is 0 Å². The third-order valence-corrected chi connectivity index (χ3v) is 1.73. The predicted octanol–water partition coefficient (Wildman–Crippen LogP) is 1.04. The highest BCUT2D eigenvalue weighted by molar-refractivity contribution is 5.97. The van der Waals surface area contributed by atoms with E-state index in [4.69, 9.17) is 4.74 Å². The first-order valence-electron chi connectivity index (χ1n) is 3.58. The molecular weight excluding hydrogens is 180 g/mol. The second-order valence-corrected chi connectivity index (χ2v) is 2.56. The molecule has 1 N–H and O–H groups in total. The second-order valence-electron chi connectivity index (χ2n) is 2.56. The number of carbonyl (C=O) groups is 1. The van der Waals surface area contributed by atoms with E-state index in [0.717, 1.165) is 12.1 Å². The number of hydrogen-bond donors (Lipinski definition) is 1. The van der Waals surface area contributed by atoms with Crippen molar-refractivity contribution in [2.24, 2.45) is 0 Å². The molecule has 3 nitrogen and oxygen atoms in total. The van der Waals surface area contributed by atoms with Crippen molar-refractivity contribution in [2.45, 2.75) is 0 Å². The zero-order valence-corrected chi connectivity index (χ0v) is 6.43. The van der Waals surface area contributed by atoms with Gasteiger partial charge < -0.3 is 10.1 Å². The quantitative estimate of drug-likeness (QED) is 0.655. The van der Waals surface area contributed by atoms with Gasteiger partial charge in [0.05, 0.1) is 5.56 Å². The van der Waals surface area contributed by atoms with Gasteiger partial charge in [0.15, 0.2) is 18.4 Å². The summed E-state index contributed by atoms with van der Waals surface area (Å²) < 4.78 is 30.2. The van der Waals surface area contributed by atoms with Gasteiger partial charge in [-0.05, 0) is 6.07 Å². The molecule has 0 fully saturated rings. The fourth-order valence-electron chi connectivity index (χ4n) is 1.10. The largest absolute Gasteiger partial charge is 0.472 e. The van der Waals surface area contributed by atoms with E-state index in [2.05, 4.69) is 5.32 Å². The molecule has 0 unspecified atom stereocenters. The summed E-state index contributed by atoms with van der Waals surface area (Å²) in [6, 6.07) is 1.68. The first-order chi connectivity index (χ1) is 6.18. The maximum Gasteiger partial charge on any atom is 0.257 e. The molecule has 0 saturated carbocycles. The number of carbonyl (C=O) groups excluding carboxylic acids is 1. The van der Waals surface area contributed by atoms with E-state index in [1.165, 1.54) is 0 Å². The van der Waals surface area contributed by atoms with Gasteiger partial charge in [-0.3, -0.25) is 4.79 Å². The summed E-state index contributed by atoms with van der Waals surface area (Å²) in [5.74, 6) is -2.46. The Morgan fingerprint density at radius 3 is 2.77 bits per heavy atom. The van der Waals surface area contributed by atoms with E-state index < -0.39 is 17.5 Å². The average molecular weight is 185 g/mol. The molecule has 1 aromatic rings. The minimum Gasteiger partial charge on any atom is -0.472 e. The van der Waals surface area contributed by atoms with Crippen molar-refractivity contribution in [1.82, 2.24) is 5.32 Å². The lowest BCUT2D eigenvalue weighted by molar-refractivity contribution is 0.0882. The SMILES string of the molecule is O=C1NCOc2cc(F)c(F)cc21. The van der Waals surface area contributed by atoms with Crippen LogP contribution < -0.4 is 10.1 Å². The monoisotopic (exact) mass is 185 g/mol. The normalized spacial score (nSPS) is 14.5. The molecule has 13 heavy (non-hydrogen) atoms. The maximum absolute atomic E-state index is 12.7. The molecule has 1 heterocycles. The van der Waals surface area contributed by atoms with E-state index in [1.54, 1.807) is 0 Å². The number of nitrogens with one attached hydrogen (secondary N) is 1. The van der Waals surface area contributed by atoms with Gasteiger partial charge in [-0.1, -0.05) is 0 Å². The van der Waals surface area contributed by atoms with Crippen molar-refractivity contribution in [2.75, 3.05) is 6.73 Å². The number of amides is 1. The van der Waals surface area contributed by atoms with Crippen LogP contribution in [0.25, 0.3) is 0 Å². The van der Waals surface area contributed by atoms with E-state index >= 15 is 0 Å². The Kier molecular flexibility index (Phi) is 1.65. The van der Waals surface area contributed by atoms with Crippen LogP contribution in [0.2, 0.25) is 0 Å². The lowest BCUT2D eigenvalue weighted by atomic mass is 10.1. The number of benzene rings is 1. The van der Waals surface area contributed by atoms with Crippen molar-refractivity contribution < 1.29 is 18.3 Å². The van der Waals surface area contributed by atoms with Crippen LogP contribution in [0.5, 0.6) is 5.75 Å². The zero-order chi connectivity index (χ0) is 9.42. The third kappa shape index (κ3) is 1.22. The van der Waals surface area contributed by atoms with E-state index in [0.29, 0.717) is 0 Å². The van der Waals surface area contributed by atoms with Gasteiger partial charge in [0.1, 0.15) is 5.75 Å². The van der Waals surface area contributed by atoms with Crippen molar-refractivity contribution in [3.05, 3.63) is 29.3 Å². The molecule has 2 rings (SSSR count). The van der Waals surface area contributed by atoms with Crippen LogP contribution >= 0.6 is 0 Å². The minimum absolute atomic E-state index is 0.0170. The van der Waals surface area contributed by atoms with Crippen molar-refractivity contribution in [3.8, 4) is 5.75 Å². The molecule has 0 bridgehead atoms. The Morgan fingerprint density at radius 2 is 2.00 bits per heavy atom. The molecule has 0 aliphatic carbocycles. The number of rotatable bonds is 0. The number of ether oxygens (including phenoxy) is 1. The molecule has 1 aromatic carbocycles. The molecule has 1 aliphatic heterocycles. The van der Waals surface area contributed by atoms with Gasteiger partial charge in [0, 0.05) is 6.07 Å². The van der Waals surface area contributed by atoms with Gasteiger partial charge in [0.2, 0.25) is 0 Å². The average Bonchev–Trinajstić information content (AvgIpc) is 2.09. The molecule has 0 spiro atoms. The molecular formula is C8H5F2NO2. The number of fused-ring (bicyclic) bond motifs is 1. The smallest absolute Gasteiger partial charge is 0.257 e. The van der Waals surface area contributed by atoms with E-state index in [9.17, 15) is 13.6 Å². The summed E-state index contributed by atoms with van der Waals surface area (Å²) in [6.07, 6.45) is 0. The molecule has 0 atom stereocenters. The Morgan fingerprint density at radius 1 is 1.31 bits per heavy atom. The summed E-state index contributed by atoms with van der Waals surface area (Å²) in [6.45, 7) is -0.0170. The van der Waals surface area contributed by atoms with Crippen LogP contribution in [-0.2, 0) is 0 Å². The Bertz CT molecular complexity index is 379. The van der Waals surface area contributed by atoms with Crippen LogP contribution in [0, 0.1) is 11.6 Å². The molecule has 0 aromatic heterocycles. The summed E-state index contributed by atoms with van der Waals surface area (Å²) in [5, 5.41) is 2.33. The van der Waals surface area contributed by atoms with Crippen molar-refractivity contribution in [1.29, 1.82) is 0 Å².